The fourth-order valence-electron chi connectivity index (χ4n) is 3.29. The maximum atomic E-state index is 11.9. The third-order valence-corrected chi connectivity index (χ3v) is 6.83. The molecular weight excluding hydrogens is 437 g/mol. The molecule has 130 valence electrons. The molecule has 2 aromatic rings. The number of carboxylic acids is 1. The van der Waals surface area contributed by atoms with Crippen molar-refractivity contribution in [3.8, 4) is 0 Å². The van der Waals surface area contributed by atoms with Crippen molar-refractivity contribution in [2.45, 2.75) is 49.4 Å². The van der Waals surface area contributed by atoms with Crippen molar-refractivity contribution >= 4 is 55.0 Å². The van der Waals surface area contributed by atoms with E-state index in [2.05, 4.69) is 40.0 Å². The molecule has 6 heteroatoms. The van der Waals surface area contributed by atoms with Crippen molar-refractivity contribution in [1.82, 2.24) is 0 Å². The molecule has 0 saturated heterocycles. The third kappa shape index (κ3) is 3.28. The molecule has 0 radical (unpaired) electrons. The molecule has 2 heterocycles. The van der Waals surface area contributed by atoms with E-state index in [4.69, 9.17) is 4.74 Å². The number of anilines is 1. The van der Waals surface area contributed by atoms with Crippen LogP contribution in [0, 0.1) is 5.92 Å². The van der Waals surface area contributed by atoms with Gasteiger partial charge in [0.2, 0.25) is 0 Å². The van der Waals surface area contributed by atoms with Gasteiger partial charge in [0, 0.05) is 26.1 Å². The van der Waals surface area contributed by atoms with E-state index in [0.29, 0.717) is 0 Å². The molecule has 0 bridgehead atoms. The summed E-state index contributed by atoms with van der Waals surface area (Å²) in [6, 6.07) is 8.33. The summed E-state index contributed by atoms with van der Waals surface area (Å²) in [5.41, 5.74) is 0.707. The Morgan fingerprint density at radius 2 is 2.04 bits per heavy atom. The molecule has 0 spiro atoms. The molecule has 24 heavy (non-hydrogen) atoms. The van der Waals surface area contributed by atoms with Crippen molar-refractivity contribution in [3.63, 3.8) is 0 Å². The Hall–Kier alpha value is -0.860. The van der Waals surface area contributed by atoms with Crippen LogP contribution in [-0.4, -0.2) is 28.8 Å². The van der Waals surface area contributed by atoms with Gasteiger partial charge >= 0.3 is 5.97 Å². The Bertz CT molecular complexity index is 767. The smallest absolute Gasteiger partial charge is 0.333 e. The first kappa shape index (κ1) is 17.9. The van der Waals surface area contributed by atoms with E-state index in [1.165, 1.54) is 15.6 Å². The normalized spacial score (nSPS) is 25.1. The Morgan fingerprint density at radius 1 is 1.38 bits per heavy atom. The van der Waals surface area contributed by atoms with E-state index in [-0.39, 0.29) is 15.9 Å². The fourth-order valence-corrected chi connectivity index (χ4v) is 6.39. The number of rotatable bonds is 3. The molecule has 1 aliphatic heterocycles. The van der Waals surface area contributed by atoms with Crippen molar-refractivity contribution < 1.29 is 14.6 Å². The second-order valence-corrected chi connectivity index (χ2v) is 9.64. The topological polar surface area (TPSA) is 58.6 Å². The van der Waals surface area contributed by atoms with Gasteiger partial charge in [0.1, 0.15) is 0 Å². The number of halogens is 1. The number of hydrogen-bond donors (Lipinski definition) is 2. The van der Waals surface area contributed by atoms with E-state index in [1.54, 1.807) is 11.3 Å². The molecule has 1 aliphatic rings. The zero-order chi connectivity index (χ0) is 17.6. The molecule has 0 saturated carbocycles. The number of carbonyl (C=O) groups is 1. The number of fused-ring (bicyclic) bond motifs is 3. The number of alkyl halides is 1. The number of aliphatic carboxylic acids is 1. The summed E-state index contributed by atoms with van der Waals surface area (Å²) in [6.07, 6.45) is -0.846. The van der Waals surface area contributed by atoms with Gasteiger partial charge in [0.15, 0.2) is 6.10 Å². The fraction of sp³-hybridized carbons (Fsp3) is 0.500. The molecule has 4 unspecified atom stereocenters. The molecule has 3 rings (SSSR count). The van der Waals surface area contributed by atoms with Crippen LogP contribution in [0.15, 0.2) is 24.3 Å². The Labute approximate surface area is 159 Å². The van der Waals surface area contributed by atoms with Gasteiger partial charge in [0.25, 0.3) is 0 Å². The second kappa shape index (κ2) is 6.46. The number of carboxylic acid groups (broad SMARTS) is 1. The lowest BCUT2D eigenvalue weighted by molar-refractivity contribution is -0.166. The molecule has 2 N–H and O–H groups in total. The molecule has 4 nitrogen and oxygen atoms in total. The number of thiophene rings is 1. The van der Waals surface area contributed by atoms with Gasteiger partial charge in [-0.3, -0.25) is 0 Å². The molecule has 0 fully saturated rings. The maximum Gasteiger partial charge on any atom is 0.333 e. The number of hydrogen-bond acceptors (Lipinski definition) is 4. The summed E-state index contributed by atoms with van der Waals surface area (Å²) < 4.78 is 7.25. The average Bonchev–Trinajstić information content (AvgIpc) is 2.82. The van der Waals surface area contributed by atoms with Gasteiger partial charge in [0.05, 0.1) is 10.6 Å². The number of benzene rings is 1. The summed E-state index contributed by atoms with van der Waals surface area (Å²) in [4.78, 5) is 11.9. The van der Waals surface area contributed by atoms with Gasteiger partial charge in [-0.1, -0.05) is 40.8 Å². The first-order valence-electron chi connectivity index (χ1n) is 8.01. The van der Waals surface area contributed by atoms with Gasteiger partial charge in [-0.15, -0.1) is 11.3 Å². The maximum absolute atomic E-state index is 11.9. The van der Waals surface area contributed by atoms with Crippen LogP contribution >= 0.6 is 33.9 Å². The van der Waals surface area contributed by atoms with E-state index < -0.39 is 17.7 Å². The highest BCUT2D eigenvalue weighted by Crippen LogP contribution is 2.51. The largest absolute Gasteiger partial charge is 0.479 e. The molecule has 0 aliphatic carbocycles. The van der Waals surface area contributed by atoms with Crippen molar-refractivity contribution in [2.75, 3.05) is 5.32 Å². The van der Waals surface area contributed by atoms with Gasteiger partial charge in [-0.2, -0.15) is 0 Å². The first-order chi connectivity index (χ1) is 11.2. The molecule has 4 atom stereocenters. The first-order valence-corrected chi connectivity index (χ1v) is 10.1. The molecule has 1 aromatic heterocycles. The highest BCUT2D eigenvalue weighted by molar-refractivity contribution is 14.1. The lowest BCUT2D eigenvalue weighted by Gasteiger charge is -2.40. The van der Waals surface area contributed by atoms with Crippen molar-refractivity contribution in [3.05, 3.63) is 29.8 Å². The minimum absolute atomic E-state index is 0.0240. The second-order valence-electron chi connectivity index (χ2n) is 7.24. The molecule has 1 aromatic carbocycles. The zero-order valence-electron chi connectivity index (χ0n) is 14.2. The van der Waals surface area contributed by atoms with Crippen LogP contribution in [0.4, 0.5) is 5.00 Å². The Balaban J connectivity index is 2.05. The van der Waals surface area contributed by atoms with Crippen LogP contribution in [-0.2, 0) is 9.53 Å². The predicted molar refractivity (Wildman–Crippen MR) is 107 cm³/mol. The molecule has 0 amide bonds. The van der Waals surface area contributed by atoms with E-state index >= 15 is 0 Å². The lowest BCUT2D eigenvalue weighted by Crippen LogP contribution is -2.48. The standard InChI is InChI=1S/C18H22INO3S/c1-9-12(15(17(21)22)23-18(2,3)4)14(19)13-10-7-5-6-8-11(10)24-16(13)20-9/h5-9,12,14-15,20H,1-4H3,(H,21,22). The highest BCUT2D eigenvalue weighted by Gasteiger charge is 2.44. The Kier molecular flexibility index (Phi) is 4.83. The summed E-state index contributed by atoms with van der Waals surface area (Å²) >= 11 is 4.13. The SMILES string of the molecule is CC1Nc2sc3ccccc3c2C(I)C1C(OC(C)(C)C)C(=O)O. The minimum Gasteiger partial charge on any atom is -0.479 e. The van der Waals surface area contributed by atoms with Crippen LogP contribution in [0.25, 0.3) is 10.1 Å². The van der Waals surface area contributed by atoms with Gasteiger partial charge in [-0.25, -0.2) is 4.79 Å². The van der Waals surface area contributed by atoms with Crippen LogP contribution in [0.2, 0.25) is 0 Å². The third-order valence-electron chi connectivity index (χ3n) is 4.26. The van der Waals surface area contributed by atoms with Crippen LogP contribution in [0.1, 0.15) is 37.2 Å². The van der Waals surface area contributed by atoms with Crippen LogP contribution in [0.5, 0.6) is 0 Å². The number of nitrogens with one attached hydrogen (secondary N) is 1. The van der Waals surface area contributed by atoms with Crippen molar-refractivity contribution in [2.24, 2.45) is 5.92 Å². The quantitative estimate of drug-likeness (QED) is 0.497. The monoisotopic (exact) mass is 459 g/mol. The number of ether oxygens (including phenoxy) is 1. The van der Waals surface area contributed by atoms with Crippen LogP contribution in [0.3, 0.4) is 0 Å². The van der Waals surface area contributed by atoms with Gasteiger partial charge < -0.3 is 15.2 Å². The van der Waals surface area contributed by atoms with Crippen molar-refractivity contribution in [1.29, 1.82) is 0 Å². The summed E-state index contributed by atoms with van der Waals surface area (Å²) in [7, 11) is 0. The predicted octanol–water partition coefficient (Wildman–Crippen LogP) is 5.08. The summed E-state index contributed by atoms with van der Waals surface area (Å²) in [5, 5.41) is 15.7. The van der Waals surface area contributed by atoms with Gasteiger partial charge in [-0.05, 0) is 39.1 Å². The van der Waals surface area contributed by atoms with Crippen LogP contribution < -0.4 is 5.32 Å². The zero-order valence-corrected chi connectivity index (χ0v) is 17.1. The van der Waals surface area contributed by atoms with E-state index in [9.17, 15) is 9.90 Å². The van der Waals surface area contributed by atoms with E-state index in [1.807, 2.05) is 39.8 Å². The summed E-state index contributed by atoms with van der Waals surface area (Å²) in [5.74, 6) is -1.04. The highest BCUT2D eigenvalue weighted by atomic mass is 127. The minimum atomic E-state index is -0.895. The average molecular weight is 459 g/mol. The lowest BCUT2D eigenvalue weighted by atomic mass is 9.84. The molecular formula is C18H22INO3S. The summed E-state index contributed by atoms with van der Waals surface area (Å²) in [6.45, 7) is 7.75. The Morgan fingerprint density at radius 3 is 2.67 bits per heavy atom. The van der Waals surface area contributed by atoms with E-state index in [0.717, 1.165) is 5.00 Å².